The van der Waals surface area contributed by atoms with Gasteiger partial charge in [0.05, 0.1) is 0 Å². The van der Waals surface area contributed by atoms with Crippen LogP contribution in [-0.4, -0.2) is 29.6 Å². The molecule has 1 fully saturated rings. The van der Waals surface area contributed by atoms with Gasteiger partial charge in [-0.05, 0) is 32.2 Å². The summed E-state index contributed by atoms with van der Waals surface area (Å²) in [4.78, 5) is 9.90. The standard InChI is InChI=1S/C10H18N4/c1-8-6-12-10(13-8)14-4-2-3-9(5-11)7-14/h6,9H,2-5,7,11H2,1H3,(H,12,13). The smallest absolute Gasteiger partial charge is 0.202 e. The second-order valence-corrected chi connectivity index (χ2v) is 4.08. The van der Waals surface area contributed by atoms with Crippen molar-refractivity contribution in [1.82, 2.24) is 9.97 Å². The summed E-state index contributed by atoms with van der Waals surface area (Å²) >= 11 is 0. The molecule has 0 aromatic carbocycles. The Balaban J connectivity index is 2.04. The number of rotatable bonds is 2. The van der Waals surface area contributed by atoms with E-state index in [0.717, 1.165) is 31.3 Å². The topological polar surface area (TPSA) is 57.9 Å². The summed E-state index contributed by atoms with van der Waals surface area (Å²) in [6, 6.07) is 0. The van der Waals surface area contributed by atoms with E-state index in [1.807, 2.05) is 13.1 Å². The van der Waals surface area contributed by atoms with Gasteiger partial charge in [0.25, 0.3) is 0 Å². The molecule has 1 aromatic heterocycles. The molecule has 0 bridgehead atoms. The van der Waals surface area contributed by atoms with Crippen molar-refractivity contribution in [1.29, 1.82) is 0 Å². The molecule has 1 unspecified atom stereocenters. The first-order chi connectivity index (χ1) is 6.79. The van der Waals surface area contributed by atoms with Crippen LogP contribution in [0.25, 0.3) is 0 Å². The molecule has 0 radical (unpaired) electrons. The lowest BCUT2D eigenvalue weighted by Crippen LogP contribution is -2.38. The number of aromatic nitrogens is 2. The van der Waals surface area contributed by atoms with Crippen LogP contribution in [-0.2, 0) is 0 Å². The minimum atomic E-state index is 0.633. The van der Waals surface area contributed by atoms with Crippen molar-refractivity contribution in [2.45, 2.75) is 19.8 Å². The van der Waals surface area contributed by atoms with Crippen molar-refractivity contribution in [2.75, 3.05) is 24.5 Å². The lowest BCUT2D eigenvalue weighted by molar-refractivity contribution is 0.420. The fourth-order valence-corrected chi connectivity index (χ4v) is 2.01. The van der Waals surface area contributed by atoms with Gasteiger partial charge in [0, 0.05) is 25.0 Å². The van der Waals surface area contributed by atoms with Crippen LogP contribution >= 0.6 is 0 Å². The van der Waals surface area contributed by atoms with Gasteiger partial charge in [0.2, 0.25) is 5.95 Å². The molecule has 0 amide bonds. The fourth-order valence-electron chi connectivity index (χ4n) is 2.01. The van der Waals surface area contributed by atoms with Crippen molar-refractivity contribution in [3.63, 3.8) is 0 Å². The molecule has 0 aliphatic carbocycles. The molecule has 3 N–H and O–H groups in total. The molecule has 1 saturated heterocycles. The van der Waals surface area contributed by atoms with E-state index < -0.39 is 0 Å². The highest BCUT2D eigenvalue weighted by Crippen LogP contribution is 2.19. The summed E-state index contributed by atoms with van der Waals surface area (Å²) in [6.07, 6.45) is 4.36. The molecule has 1 aromatic rings. The summed E-state index contributed by atoms with van der Waals surface area (Å²) in [5.41, 5.74) is 6.81. The Morgan fingerprint density at radius 2 is 2.57 bits per heavy atom. The van der Waals surface area contributed by atoms with Gasteiger partial charge in [-0.3, -0.25) is 0 Å². The largest absolute Gasteiger partial charge is 0.342 e. The molecule has 1 aliphatic heterocycles. The molecule has 4 nitrogen and oxygen atoms in total. The monoisotopic (exact) mass is 194 g/mol. The molecular weight excluding hydrogens is 176 g/mol. The van der Waals surface area contributed by atoms with Crippen LogP contribution in [0.1, 0.15) is 18.5 Å². The van der Waals surface area contributed by atoms with Crippen LogP contribution in [0.15, 0.2) is 6.20 Å². The third-order valence-electron chi connectivity index (χ3n) is 2.84. The van der Waals surface area contributed by atoms with Crippen molar-refractivity contribution >= 4 is 5.95 Å². The van der Waals surface area contributed by atoms with Crippen LogP contribution in [0.4, 0.5) is 5.95 Å². The minimum Gasteiger partial charge on any atom is -0.342 e. The number of piperidine rings is 1. The quantitative estimate of drug-likeness (QED) is 0.735. The Kier molecular flexibility index (Phi) is 2.72. The number of anilines is 1. The third kappa shape index (κ3) is 1.90. The number of nitrogens with one attached hydrogen (secondary N) is 1. The van der Waals surface area contributed by atoms with Crippen molar-refractivity contribution in [2.24, 2.45) is 11.7 Å². The summed E-state index contributed by atoms with van der Waals surface area (Å²) in [7, 11) is 0. The molecule has 0 saturated carbocycles. The summed E-state index contributed by atoms with van der Waals surface area (Å²) in [6.45, 7) is 4.96. The van der Waals surface area contributed by atoms with E-state index in [2.05, 4.69) is 14.9 Å². The lowest BCUT2D eigenvalue weighted by Gasteiger charge is -2.31. The first-order valence-corrected chi connectivity index (χ1v) is 5.26. The first-order valence-electron chi connectivity index (χ1n) is 5.26. The average molecular weight is 194 g/mol. The number of imidazole rings is 1. The number of aromatic amines is 1. The third-order valence-corrected chi connectivity index (χ3v) is 2.84. The van der Waals surface area contributed by atoms with Crippen LogP contribution in [0.5, 0.6) is 0 Å². The van der Waals surface area contributed by atoms with Crippen LogP contribution in [0, 0.1) is 12.8 Å². The molecule has 1 aliphatic rings. The van der Waals surface area contributed by atoms with Crippen molar-refractivity contribution in [3.8, 4) is 0 Å². The number of hydrogen-bond acceptors (Lipinski definition) is 3. The van der Waals surface area contributed by atoms with Gasteiger partial charge in [0.15, 0.2) is 0 Å². The van der Waals surface area contributed by atoms with E-state index in [1.54, 1.807) is 0 Å². The highest BCUT2D eigenvalue weighted by atomic mass is 15.3. The normalized spacial score (nSPS) is 22.7. The molecule has 1 atom stereocenters. The van der Waals surface area contributed by atoms with E-state index in [4.69, 9.17) is 5.73 Å². The zero-order valence-corrected chi connectivity index (χ0v) is 8.66. The maximum atomic E-state index is 5.69. The minimum absolute atomic E-state index is 0.633. The number of hydrogen-bond donors (Lipinski definition) is 2. The first kappa shape index (κ1) is 9.52. The van der Waals surface area contributed by atoms with E-state index in [9.17, 15) is 0 Å². The van der Waals surface area contributed by atoms with Gasteiger partial charge in [-0.1, -0.05) is 0 Å². The van der Waals surface area contributed by atoms with Gasteiger partial charge >= 0.3 is 0 Å². The number of nitrogens with two attached hydrogens (primary N) is 1. The van der Waals surface area contributed by atoms with E-state index in [-0.39, 0.29) is 0 Å². The maximum absolute atomic E-state index is 5.69. The van der Waals surface area contributed by atoms with Crippen molar-refractivity contribution in [3.05, 3.63) is 11.9 Å². The molecule has 0 spiro atoms. The Bertz CT molecular complexity index is 294. The van der Waals surface area contributed by atoms with Gasteiger partial charge in [-0.15, -0.1) is 0 Å². The molecule has 2 heterocycles. The second kappa shape index (κ2) is 4.00. The summed E-state index contributed by atoms with van der Waals surface area (Å²) in [5.74, 6) is 1.63. The lowest BCUT2D eigenvalue weighted by atomic mass is 9.99. The van der Waals surface area contributed by atoms with Crippen molar-refractivity contribution < 1.29 is 0 Å². The molecule has 14 heavy (non-hydrogen) atoms. The summed E-state index contributed by atoms with van der Waals surface area (Å²) < 4.78 is 0. The Morgan fingerprint density at radius 1 is 1.71 bits per heavy atom. The molecule has 78 valence electrons. The van der Waals surface area contributed by atoms with Crippen LogP contribution in [0.2, 0.25) is 0 Å². The van der Waals surface area contributed by atoms with Gasteiger partial charge < -0.3 is 15.6 Å². The zero-order chi connectivity index (χ0) is 9.97. The molecule has 2 rings (SSSR count). The molecule has 4 heteroatoms. The van der Waals surface area contributed by atoms with Gasteiger partial charge in [-0.25, -0.2) is 4.98 Å². The van der Waals surface area contributed by atoms with Crippen LogP contribution in [0.3, 0.4) is 0 Å². The fraction of sp³-hybridized carbons (Fsp3) is 0.700. The Morgan fingerprint density at radius 3 is 3.21 bits per heavy atom. The maximum Gasteiger partial charge on any atom is 0.202 e. The van der Waals surface area contributed by atoms with E-state index in [0.29, 0.717) is 5.92 Å². The SMILES string of the molecule is Cc1cnc(N2CCCC(CN)C2)[nH]1. The Hall–Kier alpha value is -1.03. The average Bonchev–Trinajstić information content (AvgIpc) is 2.65. The van der Waals surface area contributed by atoms with E-state index >= 15 is 0 Å². The molecular formula is C10H18N4. The van der Waals surface area contributed by atoms with Gasteiger partial charge in [-0.2, -0.15) is 0 Å². The van der Waals surface area contributed by atoms with Gasteiger partial charge in [0.1, 0.15) is 0 Å². The number of aryl methyl sites for hydroxylation is 1. The second-order valence-electron chi connectivity index (χ2n) is 4.08. The van der Waals surface area contributed by atoms with Crippen LogP contribution < -0.4 is 10.6 Å². The zero-order valence-electron chi connectivity index (χ0n) is 8.66. The highest BCUT2D eigenvalue weighted by Gasteiger charge is 2.20. The number of nitrogens with zero attached hydrogens (tertiary/aromatic N) is 2. The Labute approximate surface area is 84.5 Å². The summed E-state index contributed by atoms with van der Waals surface area (Å²) in [5, 5.41) is 0. The highest BCUT2D eigenvalue weighted by molar-refractivity contribution is 5.31. The van der Waals surface area contributed by atoms with E-state index in [1.165, 1.54) is 12.8 Å². The predicted molar refractivity (Wildman–Crippen MR) is 57.3 cm³/mol. The predicted octanol–water partition coefficient (Wildman–Crippen LogP) is 0.893. The number of H-pyrrole nitrogens is 1.